The van der Waals surface area contributed by atoms with E-state index >= 15 is 0 Å². The first-order chi connectivity index (χ1) is 11.0. The highest BCUT2D eigenvalue weighted by Crippen LogP contribution is 2.36. The SMILES string of the molecule is NC(c1cc(Cl)c(Cl)cc1O)C1CCNCC1.O=C(O)C(F)(F)F. The third-order valence-electron chi connectivity index (χ3n) is 3.56. The van der Waals surface area contributed by atoms with Gasteiger partial charge in [0.1, 0.15) is 5.75 Å². The highest BCUT2D eigenvalue weighted by atomic mass is 35.5. The molecule has 0 saturated carbocycles. The van der Waals surface area contributed by atoms with Gasteiger partial charge in [0.05, 0.1) is 10.0 Å². The minimum Gasteiger partial charge on any atom is -0.508 e. The minimum absolute atomic E-state index is 0.130. The maximum absolute atomic E-state index is 10.6. The van der Waals surface area contributed by atoms with Gasteiger partial charge in [0.25, 0.3) is 0 Å². The second kappa shape index (κ2) is 8.75. The smallest absolute Gasteiger partial charge is 0.490 e. The second-order valence-electron chi connectivity index (χ2n) is 5.24. The molecule has 0 spiro atoms. The second-order valence-corrected chi connectivity index (χ2v) is 6.06. The summed E-state index contributed by atoms with van der Waals surface area (Å²) in [5, 5.41) is 21.1. The predicted octanol–water partition coefficient (Wildman–Crippen LogP) is 3.33. The van der Waals surface area contributed by atoms with Gasteiger partial charge in [0.2, 0.25) is 0 Å². The summed E-state index contributed by atoms with van der Waals surface area (Å²) in [6.07, 6.45) is -3.05. The Balaban J connectivity index is 0.000000351. The van der Waals surface area contributed by atoms with Crippen molar-refractivity contribution in [3.8, 4) is 5.75 Å². The van der Waals surface area contributed by atoms with Crippen molar-refractivity contribution < 1.29 is 28.2 Å². The summed E-state index contributed by atoms with van der Waals surface area (Å²) in [5.41, 5.74) is 6.89. The number of piperidine rings is 1. The fourth-order valence-corrected chi connectivity index (χ4v) is 2.61. The number of hydrogen-bond donors (Lipinski definition) is 4. The van der Waals surface area contributed by atoms with Gasteiger partial charge in [-0.3, -0.25) is 0 Å². The number of alkyl halides is 3. The van der Waals surface area contributed by atoms with Crippen LogP contribution in [0.2, 0.25) is 10.0 Å². The molecule has 1 fully saturated rings. The van der Waals surface area contributed by atoms with E-state index in [-0.39, 0.29) is 11.8 Å². The van der Waals surface area contributed by atoms with Crippen LogP contribution < -0.4 is 11.1 Å². The zero-order chi connectivity index (χ0) is 18.5. The van der Waals surface area contributed by atoms with Crippen LogP contribution in [-0.2, 0) is 4.79 Å². The highest BCUT2D eigenvalue weighted by molar-refractivity contribution is 6.42. The molecular weight excluding hydrogens is 372 g/mol. The first kappa shape index (κ1) is 20.8. The van der Waals surface area contributed by atoms with Crippen LogP contribution in [0.4, 0.5) is 13.2 Å². The van der Waals surface area contributed by atoms with Gasteiger partial charge in [0, 0.05) is 17.7 Å². The standard InChI is InChI=1S/C12H16Cl2N2O.C2HF3O2/c13-9-5-8(11(17)6-10(9)14)12(15)7-1-3-16-4-2-7;3-2(4,5)1(6)7/h5-7,12,16-17H,1-4,15H2;(H,6,7). The summed E-state index contributed by atoms with van der Waals surface area (Å²) in [6.45, 7) is 1.95. The van der Waals surface area contributed by atoms with E-state index < -0.39 is 12.1 Å². The number of phenols is 1. The Morgan fingerprint density at radius 1 is 1.25 bits per heavy atom. The molecule has 136 valence electrons. The molecule has 1 saturated heterocycles. The summed E-state index contributed by atoms with van der Waals surface area (Å²) in [6, 6.07) is 2.94. The number of carboxylic acid groups (broad SMARTS) is 1. The van der Waals surface area contributed by atoms with Crippen LogP contribution in [-0.4, -0.2) is 35.4 Å². The van der Waals surface area contributed by atoms with Gasteiger partial charge >= 0.3 is 12.1 Å². The lowest BCUT2D eigenvalue weighted by Gasteiger charge is -2.28. The molecule has 5 N–H and O–H groups in total. The van der Waals surface area contributed by atoms with Crippen LogP contribution in [0.3, 0.4) is 0 Å². The van der Waals surface area contributed by atoms with E-state index in [1.807, 2.05) is 0 Å². The fourth-order valence-electron chi connectivity index (χ4n) is 2.28. The first-order valence-electron chi connectivity index (χ1n) is 6.98. The lowest BCUT2D eigenvalue weighted by atomic mass is 9.86. The predicted molar refractivity (Wildman–Crippen MR) is 84.3 cm³/mol. The highest BCUT2D eigenvalue weighted by Gasteiger charge is 2.38. The van der Waals surface area contributed by atoms with E-state index in [1.165, 1.54) is 6.07 Å². The molecule has 5 nitrogen and oxygen atoms in total. The van der Waals surface area contributed by atoms with Crippen molar-refractivity contribution in [3.63, 3.8) is 0 Å². The third-order valence-corrected chi connectivity index (χ3v) is 4.29. The number of aromatic hydroxyl groups is 1. The molecular formula is C14H17Cl2F3N2O3. The van der Waals surface area contributed by atoms with Crippen LogP contribution in [0.1, 0.15) is 24.4 Å². The van der Waals surface area contributed by atoms with E-state index in [1.54, 1.807) is 6.07 Å². The number of rotatable bonds is 2. The topological polar surface area (TPSA) is 95.6 Å². The van der Waals surface area contributed by atoms with Crippen molar-refractivity contribution >= 4 is 29.2 Å². The van der Waals surface area contributed by atoms with Crippen molar-refractivity contribution in [1.82, 2.24) is 5.32 Å². The quantitative estimate of drug-likeness (QED) is 0.623. The first-order valence-corrected chi connectivity index (χ1v) is 7.74. The Labute approximate surface area is 146 Å². The monoisotopic (exact) mass is 388 g/mol. The van der Waals surface area contributed by atoms with Crippen LogP contribution >= 0.6 is 23.2 Å². The zero-order valence-corrected chi connectivity index (χ0v) is 13.9. The molecule has 10 heteroatoms. The van der Waals surface area contributed by atoms with Gasteiger partial charge in [-0.15, -0.1) is 0 Å². The van der Waals surface area contributed by atoms with Crippen molar-refractivity contribution in [3.05, 3.63) is 27.7 Å². The molecule has 2 rings (SSSR count). The van der Waals surface area contributed by atoms with Gasteiger partial charge in [-0.2, -0.15) is 13.2 Å². The molecule has 24 heavy (non-hydrogen) atoms. The number of benzene rings is 1. The number of hydrogen-bond acceptors (Lipinski definition) is 4. The van der Waals surface area contributed by atoms with E-state index in [0.717, 1.165) is 25.9 Å². The normalized spacial score (nSPS) is 16.9. The Bertz CT molecular complexity index is 579. The van der Waals surface area contributed by atoms with E-state index in [9.17, 15) is 18.3 Å². The largest absolute Gasteiger partial charge is 0.508 e. The summed E-state index contributed by atoms with van der Waals surface area (Å²) in [5.74, 6) is -2.25. The van der Waals surface area contributed by atoms with Crippen LogP contribution in [0.5, 0.6) is 5.75 Å². The lowest BCUT2D eigenvalue weighted by Crippen LogP contribution is -2.33. The molecule has 1 aliphatic heterocycles. The number of aliphatic carboxylic acids is 1. The number of nitrogens with two attached hydrogens (primary N) is 1. The average molecular weight is 389 g/mol. The third kappa shape index (κ3) is 6.01. The van der Waals surface area contributed by atoms with Crippen molar-refractivity contribution in [2.75, 3.05) is 13.1 Å². The van der Waals surface area contributed by atoms with Gasteiger partial charge in [-0.05, 0) is 37.9 Å². The fraction of sp³-hybridized carbons (Fsp3) is 0.500. The molecule has 1 aromatic carbocycles. The number of halogens is 5. The molecule has 1 atom stereocenters. The van der Waals surface area contributed by atoms with Gasteiger partial charge in [0.15, 0.2) is 0 Å². The average Bonchev–Trinajstić information content (AvgIpc) is 2.51. The van der Waals surface area contributed by atoms with Crippen molar-refractivity contribution in [2.24, 2.45) is 11.7 Å². The maximum Gasteiger partial charge on any atom is 0.490 e. The maximum atomic E-state index is 10.6. The number of phenolic OH excluding ortho intramolecular Hbond substituents is 1. The van der Waals surface area contributed by atoms with E-state index in [4.69, 9.17) is 38.8 Å². The molecule has 0 radical (unpaired) electrons. The molecule has 0 aliphatic carbocycles. The summed E-state index contributed by atoms with van der Waals surface area (Å²) < 4.78 is 31.7. The molecule has 1 unspecified atom stereocenters. The molecule has 1 aliphatic rings. The van der Waals surface area contributed by atoms with E-state index in [2.05, 4.69) is 5.32 Å². The van der Waals surface area contributed by atoms with Gasteiger partial charge in [-0.25, -0.2) is 4.79 Å². The number of carbonyl (C=O) groups is 1. The van der Waals surface area contributed by atoms with Gasteiger partial charge in [-0.1, -0.05) is 23.2 Å². The molecule has 1 aromatic rings. The van der Waals surface area contributed by atoms with Gasteiger partial charge < -0.3 is 21.3 Å². The summed E-state index contributed by atoms with van der Waals surface area (Å²) in [4.78, 5) is 8.90. The van der Waals surface area contributed by atoms with Crippen molar-refractivity contribution in [2.45, 2.75) is 25.1 Å². The van der Waals surface area contributed by atoms with E-state index in [0.29, 0.717) is 21.5 Å². The molecule has 0 amide bonds. The van der Waals surface area contributed by atoms with Crippen LogP contribution in [0.15, 0.2) is 12.1 Å². The lowest BCUT2D eigenvalue weighted by molar-refractivity contribution is -0.192. The minimum atomic E-state index is -5.08. The summed E-state index contributed by atoms with van der Waals surface area (Å²) >= 11 is 11.8. The van der Waals surface area contributed by atoms with Crippen LogP contribution in [0, 0.1) is 5.92 Å². The van der Waals surface area contributed by atoms with Crippen LogP contribution in [0.25, 0.3) is 0 Å². The summed E-state index contributed by atoms with van der Waals surface area (Å²) in [7, 11) is 0. The van der Waals surface area contributed by atoms with Crippen molar-refractivity contribution in [1.29, 1.82) is 0 Å². The molecule has 1 heterocycles. The molecule has 0 bridgehead atoms. The Kier molecular flexibility index (Phi) is 7.59. The molecule has 0 aromatic heterocycles. The number of nitrogens with one attached hydrogen (secondary N) is 1. The zero-order valence-electron chi connectivity index (χ0n) is 12.4. The number of carboxylic acids is 1. The Morgan fingerprint density at radius 3 is 2.17 bits per heavy atom. The Morgan fingerprint density at radius 2 is 1.71 bits per heavy atom. The Hall–Kier alpha value is -1.22.